The van der Waals surface area contributed by atoms with Crippen molar-refractivity contribution in [2.24, 2.45) is 0 Å². The van der Waals surface area contributed by atoms with E-state index in [0.29, 0.717) is 19.4 Å². The molecule has 2 atom stereocenters. The van der Waals surface area contributed by atoms with Crippen LogP contribution in [0.2, 0.25) is 0 Å². The van der Waals surface area contributed by atoms with Crippen molar-refractivity contribution in [1.29, 1.82) is 0 Å². The highest BCUT2D eigenvalue weighted by atomic mass is 16.5. The molecule has 0 bridgehead atoms. The summed E-state index contributed by atoms with van der Waals surface area (Å²) in [5, 5.41) is 23.0. The number of rotatable bonds is 61. The van der Waals surface area contributed by atoms with Crippen molar-refractivity contribution < 1.29 is 24.5 Å². The molecule has 0 aromatic heterocycles. The van der Waals surface area contributed by atoms with Gasteiger partial charge < -0.3 is 20.3 Å². The van der Waals surface area contributed by atoms with E-state index in [4.69, 9.17) is 4.74 Å². The normalized spacial score (nSPS) is 12.7. The molecule has 0 saturated heterocycles. The number of carbonyl (C=O) groups is 2. The summed E-state index contributed by atoms with van der Waals surface area (Å²) < 4.78 is 5.49. The number of ether oxygens (including phenoxy) is 1. The van der Waals surface area contributed by atoms with Crippen LogP contribution in [0.5, 0.6) is 0 Å². The molecule has 0 fully saturated rings. The van der Waals surface area contributed by atoms with Gasteiger partial charge in [0.25, 0.3) is 0 Å². The van der Waals surface area contributed by atoms with Crippen LogP contribution >= 0.6 is 0 Å². The molecule has 0 aromatic rings. The number of carbonyl (C=O) groups excluding carboxylic acids is 2. The van der Waals surface area contributed by atoms with Gasteiger partial charge in [-0.3, -0.25) is 9.59 Å². The fourth-order valence-electron chi connectivity index (χ4n) is 10.2. The smallest absolute Gasteiger partial charge is 0.305 e. The van der Waals surface area contributed by atoms with Crippen LogP contribution in [0.25, 0.3) is 0 Å². The zero-order valence-corrected chi connectivity index (χ0v) is 48.7. The second kappa shape index (κ2) is 61.9. The van der Waals surface area contributed by atoms with Crippen LogP contribution in [-0.4, -0.2) is 47.4 Å². The van der Waals surface area contributed by atoms with Crippen molar-refractivity contribution in [3.05, 3.63) is 24.3 Å². The van der Waals surface area contributed by atoms with Gasteiger partial charge in [-0.25, -0.2) is 0 Å². The number of allylic oxidation sites excluding steroid dienone is 3. The summed E-state index contributed by atoms with van der Waals surface area (Å²) in [5.41, 5.74) is 0. The standard InChI is InChI=1S/C66H127NO5/c1-3-5-7-9-11-13-15-16-32-36-40-44-48-52-56-60-66(71)72-61-57-53-49-45-41-37-34-31-29-27-25-23-21-19-17-18-20-22-24-26-28-30-33-35-39-43-47-51-55-59-65(70)67-63(62-68)64(69)58-54-50-46-42-38-14-12-10-8-6-4-2/h17,19,54,58,63-64,68-69H,3-16,18,20-53,55-57,59-62H2,1-2H3,(H,67,70)/b19-17-,58-54+. The van der Waals surface area contributed by atoms with Crippen molar-refractivity contribution in [1.82, 2.24) is 5.32 Å². The van der Waals surface area contributed by atoms with Gasteiger partial charge in [-0.05, 0) is 57.8 Å². The Balaban J connectivity index is 3.35. The number of unbranched alkanes of at least 4 members (excludes halogenated alkanes) is 48. The summed E-state index contributed by atoms with van der Waals surface area (Å²) in [6.07, 6.45) is 76.7. The zero-order chi connectivity index (χ0) is 52.2. The third-order valence-corrected chi connectivity index (χ3v) is 15.2. The first-order valence-corrected chi connectivity index (χ1v) is 32.6. The molecule has 426 valence electrons. The Hall–Kier alpha value is -1.66. The minimum Gasteiger partial charge on any atom is -0.466 e. The molecule has 6 heteroatoms. The lowest BCUT2D eigenvalue weighted by Gasteiger charge is -2.20. The van der Waals surface area contributed by atoms with Gasteiger partial charge >= 0.3 is 5.97 Å². The Labute approximate surface area is 450 Å². The van der Waals surface area contributed by atoms with Gasteiger partial charge in [-0.15, -0.1) is 0 Å². The molecule has 2 unspecified atom stereocenters. The van der Waals surface area contributed by atoms with E-state index in [-0.39, 0.29) is 18.5 Å². The minimum atomic E-state index is -0.842. The van der Waals surface area contributed by atoms with Crippen LogP contribution in [0.1, 0.15) is 361 Å². The number of nitrogens with one attached hydrogen (secondary N) is 1. The fourth-order valence-corrected chi connectivity index (χ4v) is 10.2. The molecule has 6 nitrogen and oxygen atoms in total. The molecule has 0 heterocycles. The van der Waals surface area contributed by atoms with Crippen molar-refractivity contribution in [3.63, 3.8) is 0 Å². The molecule has 0 aliphatic carbocycles. The van der Waals surface area contributed by atoms with Crippen LogP contribution in [0.15, 0.2) is 24.3 Å². The number of amides is 1. The van der Waals surface area contributed by atoms with Gasteiger partial charge in [-0.2, -0.15) is 0 Å². The first kappa shape index (κ1) is 70.3. The Morgan fingerprint density at radius 3 is 0.986 bits per heavy atom. The maximum absolute atomic E-state index is 12.4. The lowest BCUT2D eigenvalue weighted by Crippen LogP contribution is -2.45. The number of hydrogen-bond acceptors (Lipinski definition) is 5. The van der Waals surface area contributed by atoms with E-state index in [2.05, 4.69) is 31.3 Å². The summed E-state index contributed by atoms with van der Waals surface area (Å²) in [5.74, 6) is -0.0478. The van der Waals surface area contributed by atoms with E-state index in [1.165, 1.54) is 295 Å². The van der Waals surface area contributed by atoms with Gasteiger partial charge in [-0.1, -0.05) is 314 Å². The monoisotopic (exact) mass is 1010 g/mol. The second-order valence-corrected chi connectivity index (χ2v) is 22.5. The Morgan fingerprint density at radius 2 is 0.653 bits per heavy atom. The van der Waals surface area contributed by atoms with E-state index in [0.717, 1.165) is 38.5 Å². The first-order chi connectivity index (χ1) is 35.5. The van der Waals surface area contributed by atoms with E-state index >= 15 is 0 Å². The van der Waals surface area contributed by atoms with Gasteiger partial charge in [0, 0.05) is 12.8 Å². The van der Waals surface area contributed by atoms with Crippen molar-refractivity contribution >= 4 is 11.9 Å². The lowest BCUT2D eigenvalue weighted by atomic mass is 10.0. The van der Waals surface area contributed by atoms with Gasteiger partial charge in [0.1, 0.15) is 0 Å². The molecule has 0 spiro atoms. The Bertz CT molecular complexity index is 1120. The molecule has 0 aliphatic heterocycles. The number of esters is 1. The quantitative estimate of drug-likeness (QED) is 0.0320. The summed E-state index contributed by atoms with van der Waals surface area (Å²) in [7, 11) is 0. The molecule has 0 radical (unpaired) electrons. The summed E-state index contributed by atoms with van der Waals surface area (Å²) in [6.45, 7) is 4.92. The molecule has 0 aliphatic rings. The predicted molar refractivity (Wildman–Crippen MR) is 315 cm³/mol. The highest BCUT2D eigenvalue weighted by Crippen LogP contribution is 2.18. The number of aliphatic hydroxyl groups excluding tert-OH is 2. The number of hydrogen-bond donors (Lipinski definition) is 3. The van der Waals surface area contributed by atoms with Crippen molar-refractivity contribution in [2.45, 2.75) is 373 Å². The molecule has 0 saturated carbocycles. The molecular weight excluding hydrogens is 887 g/mol. The van der Waals surface area contributed by atoms with Crippen molar-refractivity contribution in [2.75, 3.05) is 13.2 Å². The summed E-state index contributed by atoms with van der Waals surface area (Å²) in [4.78, 5) is 24.5. The van der Waals surface area contributed by atoms with Crippen LogP contribution in [0, 0.1) is 0 Å². The molecule has 0 rings (SSSR count). The Kier molecular flexibility index (Phi) is 60.5. The van der Waals surface area contributed by atoms with Crippen LogP contribution < -0.4 is 5.32 Å². The van der Waals surface area contributed by atoms with Gasteiger partial charge in [0.15, 0.2) is 0 Å². The third-order valence-electron chi connectivity index (χ3n) is 15.2. The minimum absolute atomic E-state index is 0.0194. The summed E-state index contributed by atoms with van der Waals surface area (Å²) in [6, 6.07) is -0.625. The van der Waals surface area contributed by atoms with Gasteiger partial charge in [0.05, 0.1) is 25.4 Å². The summed E-state index contributed by atoms with van der Waals surface area (Å²) >= 11 is 0. The fraction of sp³-hybridized carbons (Fsp3) is 0.909. The number of aliphatic hydroxyl groups is 2. The third kappa shape index (κ3) is 57.6. The highest BCUT2D eigenvalue weighted by molar-refractivity contribution is 5.76. The van der Waals surface area contributed by atoms with Crippen LogP contribution in [0.3, 0.4) is 0 Å². The van der Waals surface area contributed by atoms with Gasteiger partial charge in [0.2, 0.25) is 5.91 Å². The molecular formula is C66H127NO5. The van der Waals surface area contributed by atoms with E-state index in [1.807, 2.05) is 6.08 Å². The van der Waals surface area contributed by atoms with E-state index in [1.54, 1.807) is 6.08 Å². The van der Waals surface area contributed by atoms with Crippen LogP contribution in [0.4, 0.5) is 0 Å². The lowest BCUT2D eigenvalue weighted by molar-refractivity contribution is -0.143. The van der Waals surface area contributed by atoms with Crippen molar-refractivity contribution in [3.8, 4) is 0 Å². The first-order valence-electron chi connectivity index (χ1n) is 32.6. The zero-order valence-electron chi connectivity index (χ0n) is 48.7. The average Bonchev–Trinajstić information content (AvgIpc) is 3.38. The molecule has 1 amide bonds. The maximum atomic E-state index is 12.4. The maximum Gasteiger partial charge on any atom is 0.305 e. The van der Waals surface area contributed by atoms with E-state index in [9.17, 15) is 19.8 Å². The molecule has 0 aromatic carbocycles. The predicted octanol–water partition coefficient (Wildman–Crippen LogP) is 20.6. The SMILES string of the molecule is CCCCCCCCCCC/C=C/C(O)C(CO)NC(=O)CCCCCCCCCCCCCCC/C=C\CCCCCCCCCCCCCCOC(=O)CCCCCCCCCCCCCCCCC. The second-order valence-electron chi connectivity index (χ2n) is 22.5. The highest BCUT2D eigenvalue weighted by Gasteiger charge is 2.18. The largest absolute Gasteiger partial charge is 0.466 e. The topological polar surface area (TPSA) is 95.9 Å². The molecule has 72 heavy (non-hydrogen) atoms. The average molecular weight is 1010 g/mol. The Morgan fingerprint density at radius 1 is 0.375 bits per heavy atom. The van der Waals surface area contributed by atoms with Crippen LogP contribution in [-0.2, 0) is 14.3 Å². The molecule has 3 N–H and O–H groups in total. The van der Waals surface area contributed by atoms with E-state index < -0.39 is 12.1 Å².